The number of carbonyl (C=O) groups is 2. The van der Waals surface area contributed by atoms with Crippen LogP contribution in [0.3, 0.4) is 0 Å². The molecule has 0 bridgehead atoms. The number of fused-ring (bicyclic) bond motifs is 2. The van der Waals surface area contributed by atoms with E-state index in [1.807, 2.05) is 0 Å². The van der Waals surface area contributed by atoms with Crippen molar-refractivity contribution in [3.8, 4) is 0 Å². The molecule has 0 saturated heterocycles. The molecule has 17 nitrogen and oxygen atoms in total. The number of nitrogens with one attached hydrogen (secondary N) is 3. The number of aromatic nitrogens is 3. The first-order valence-electron chi connectivity index (χ1n) is 13.7. The first-order valence-corrected chi connectivity index (χ1v) is 18.0. The molecule has 21 heteroatoms. The third-order valence-electron chi connectivity index (χ3n) is 7.18. The Kier molecular flexibility index (Phi) is 8.86. The summed E-state index contributed by atoms with van der Waals surface area (Å²) in [4.78, 5) is 37.7. The number of halogens is 1. The van der Waals surface area contributed by atoms with Crippen molar-refractivity contribution in [2.24, 2.45) is 0 Å². The van der Waals surface area contributed by atoms with Crippen molar-refractivity contribution >= 4 is 94.8 Å². The number of nitrogens with two attached hydrogens (primary N) is 1. The first kappa shape index (κ1) is 34.5. The van der Waals surface area contributed by atoms with Crippen LogP contribution >= 0.6 is 11.6 Å². The fourth-order valence-electron chi connectivity index (χ4n) is 5.06. The second kappa shape index (κ2) is 12.8. The SMILES string of the molecule is Nc1c(S(=O)(=O)O)cc(Nc2ccc(S(=O)(=O)O)c(Nc3nc(Cl)nc(Nc4ccc(S(=O)O)cc4)n3)c2)c2c1C(=O)c1ccccc1C2=O. The number of nitrogen functional groups attached to an aromatic ring is 1. The van der Waals surface area contributed by atoms with E-state index in [4.69, 9.17) is 17.3 Å². The van der Waals surface area contributed by atoms with E-state index >= 15 is 0 Å². The molecule has 8 N–H and O–H groups in total. The fraction of sp³-hybridized carbons (Fsp3) is 0. The number of carbonyl (C=O) groups excluding carboxylic acids is 2. The predicted octanol–water partition coefficient (Wildman–Crippen LogP) is 4.19. The van der Waals surface area contributed by atoms with Gasteiger partial charge in [-0.25, -0.2) is 4.21 Å². The van der Waals surface area contributed by atoms with Crippen LogP contribution in [-0.2, 0) is 31.3 Å². The molecule has 0 amide bonds. The predicted molar refractivity (Wildman–Crippen MR) is 180 cm³/mol. The Morgan fingerprint density at radius 1 is 0.680 bits per heavy atom. The summed E-state index contributed by atoms with van der Waals surface area (Å²) in [6.07, 6.45) is 0. The highest BCUT2D eigenvalue weighted by Gasteiger charge is 2.36. The zero-order valence-electron chi connectivity index (χ0n) is 24.6. The Hall–Kier alpha value is -5.35. The minimum Gasteiger partial charge on any atom is -0.397 e. The molecule has 0 spiro atoms. The molecule has 4 aromatic carbocycles. The van der Waals surface area contributed by atoms with Crippen LogP contribution in [0, 0.1) is 0 Å². The zero-order valence-corrected chi connectivity index (χ0v) is 27.9. The summed E-state index contributed by atoms with van der Waals surface area (Å²) in [7, 11) is -9.93. The van der Waals surface area contributed by atoms with Crippen LogP contribution in [0.4, 0.5) is 40.3 Å². The monoisotopic (exact) mass is 757 g/mol. The molecular weight excluding hydrogens is 738 g/mol. The van der Waals surface area contributed by atoms with Gasteiger partial charge in [0.15, 0.2) is 22.6 Å². The van der Waals surface area contributed by atoms with E-state index in [0.717, 1.165) is 24.3 Å². The van der Waals surface area contributed by atoms with Gasteiger partial charge >= 0.3 is 0 Å². The molecule has 5 aromatic rings. The largest absolute Gasteiger partial charge is 0.397 e. The van der Waals surface area contributed by atoms with Crippen molar-refractivity contribution in [3.63, 3.8) is 0 Å². The Bertz CT molecular complexity index is 2520. The van der Waals surface area contributed by atoms with Crippen LogP contribution in [0.2, 0.25) is 5.28 Å². The Balaban J connectivity index is 1.42. The molecule has 50 heavy (non-hydrogen) atoms. The van der Waals surface area contributed by atoms with Crippen molar-refractivity contribution in [3.05, 3.63) is 100 Å². The summed E-state index contributed by atoms with van der Waals surface area (Å²) in [6, 6.07) is 15.5. The number of rotatable bonds is 9. The quantitative estimate of drug-likeness (QED) is 0.0618. The second-order valence-corrected chi connectivity index (χ2v) is 14.4. The molecule has 0 radical (unpaired) electrons. The summed E-state index contributed by atoms with van der Waals surface area (Å²) in [5.41, 5.74) is 4.29. The minimum atomic E-state index is -5.03. The maximum Gasteiger partial charge on any atom is 0.296 e. The number of benzene rings is 4. The van der Waals surface area contributed by atoms with Crippen LogP contribution < -0.4 is 21.7 Å². The van der Waals surface area contributed by atoms with Gasteiger partial charge < -0.3 is 26.2 Å². The normalized spacial score (nSPS) is 13.3. The highest BCUT2D eigenvalue weighted by molar-refractivity contribution is 7.86. The molecule has 6 rings (SSSR count). The third-order valence-corrected chi connectivity index (χ3v) is 9.83. The van der Waals surface area contributed by atoms with Gasteiger partial charge in [-0.05, 0) is 60.1 Å². The van der Waals surface area contributed by atoms with Crippen LogP contribution in [0.1, 0.15) is 31.8 Å². The van der Waals surface area contributed by atoms with Crippen molar-refractivity contribution in [2.75, 3.05) is 21.7 Å². The molecule has 256 valence electrons. The van der Waals surface area contributed by atoms with Gasteiger partial charge in [0, 0.05) is 22.5 Å². The molecule has 1 aliphatic carbocycles. The maximum absolute atomic E-state index is 13.7. The smallest absolute Gasteiger partial charge is 0.296 e. The molecule has 1 unspecified atom stereocenters. The van der Waals surface area contributed by atoms with Crippen molar-refractivity contribution in [1.29, 1.82) is 0 Å². The lowest BCUT2D eigenvalue weighted by atomic mass is 9.82. The molecule has 1 heterocycles. The number of anilines is 7. The summed E-state index contributed by atoms with van der Waals surface area (Å²) in [5, 5.41) is 7.84. The first-order chi connectivity index (χ1) is 23.5. The zero-order chi connectivity index (χ0) is 36.1. The molecule has 1 aliphatic rings. The van der Waals surface area contributed by atoms with E-state index in [0.29, 0.717) is 5.69 Å². The van der Waals surface area contributed by atoms with Gasteiger partial charge in [-0.1, -0.05) is 24.3 Å². The molecule has 0 fully saturated rings. The lowest BCUT2D eigenvalue weighted by Crippen LogP contribution is -2.25. The maximum atomic E-state index is 13.7. The topological polar surface area (TPSA) is 281 Å². The van der Waals surface area contributed by atoms with Gasteiger partial charge in [0.25, 0.3) is 20.2 Å². The summed E-state index contributed by atoms with van der Waals surface area (Å²) in [6.45, 7) is 0. The van der Waals surface area contributed by atoms with E-state index < -0.39 is 63.9 Å². The molecule has 0 saturated carbocycles. The minimum absolute atomic E-state index is 0.00608. The van der Waals surface area contributed by atoms with E-state index in [-0.39, 0.29) is 55.8 Å². The Labute approximate surface area is 289 Å². The van der Waals surface area contributed by atoms with Crippen LogP contribution in [0.5, 0.6) is 0 Å². The number of nitrogens with zero attached hydrogens (tertiary/aromatic N) is 3. The average Bonchev–Trinajstić information content (AvgIpc) is 3.03. The number of hydrogen-bond acceptors (Lipinski definition) is 14. The number of ketones is 2. The van der Waals surface area contributed by atoms with Gasteiger partial charge in [0.2, 0.25) is 17.2 Å². The summed E-state index contributed by atoms with van der Waals surface area (Å²) >= 11 is 3.87. The van der Waals surface area contributed by atoms with Gasteiger partial charge in [0.05, 0.1) is 33.1 Å². The lowest BCUT2D eigenvalue weighted by Gasteiger charge is -2.24. The van der Waals surface area contributed by atoms with E-state index in [1.54, 1.807) is 0 Å². The van der Waals surface area contributed by atoms with Gasteiger partial charge in [-0.15, -0.1) is 0 Å². The summed E-state index contributed by atoms with van der Waals surface area (Å²) < 4.78 is 89.6. The van der Waals surface area contributed by atoms with Crippen LogP contribution in [-0.4, -0.2) is 61.2 Å². The highest BCUT2D eigenvalue weighted by Crippen LogP contribution is 2.40. The van der Waals surface area contributed by atoms with Crippen LogP contribution in [0.25, 0.3) is 0 Å². The van der Waals surface area contributed by atoms with E-state index in [9.17, 15) is 44.3 Å². The molecule has 1 aromatic heterocycles. The Morgan fingerprint density at radius 2 is 1.24 bits per heavy atom. The van der Waals surface area contributed by atoms with E-state index in [2.05, 4.69) is 30.9 Å². The standard InChI is InChI=1S/C29H20ClN7O10S3/c30-27-35-28(33-13-5-8-15(9-6-13)48(40)41)37-29(36-27)34-18-11-14(7-10-20(18)49(42,43)44)32-19-12-21(50(45,46)47)24(31)23-22(19)25(38)16-3-1-2-4-17(16)26(23)39/h1-12,32H,31H2,(H,40,41)(H,42,43,44)(H,45,46,47)(H2,33,34,35,36,37). The average molecular weight is 758 g/mol. The Morgan fingerprint density at radius 3 is 1.82 bits per heavy atom. The summed E-state index contributed by atoms with van der Waals surface area (Å²) in [5.74, 6) is -1.93. The van der Waals surface area contributed by atoms with Gasteiger partial charge in [0.1, 0.15) is 9.79 Å². The number of hydrogen-bond donors (Lipinski definition) is 7. The molecule has 0 aliphatic heterocycles. The van der Waals surface area contributed by atoms with Gasteiger partial charge in [-0.2, -0.15) is 31.8 Å². The second-order valence-electron chi connectivity index (χ2n) is 10.4. The molecule has 1 atom stereocenters. The van der Waals surface area contributed by atoms with Crippen molar-refractivity contribution in [1.82, 2.24) is 15.0 Å². The fourth-order valence-corrected chi connectivity index (χ4v) is 6.86. The lowest BCUT2D eigenvalue weighted by molar-refractivity contribution is 0.0980. The molecular formula is C29H20ClN7O10S3. The third kappa shape index (κ3) is 6.76. The van der Waals surface area contributed by atoms with Crippen LogP contribution in [0.15, 0.2) is 87.5 Å². The van der Waals surface area contributed by atoms with Crippen molar-refractivity contribution in [2.45, 2.75) is 14.7 Å². The highest BCUT2D eigenvalue weighted by atomic mass is 35.5. The van der Waals surface area contributed by atoms with E-state index in [1.165, 1.54) is 48.5 Å². The van der Waals surface area contributed by atoms with Gasteiger partial charge in [-0.3, -0.25) is 18.7 Å². The van der Waals surface area contributed by atoms with Crippen molar-refractivity contribution < 1.29 is 44.3 Å².